The van der Waals surface area contributed by atoms with E-state index in [1.165, 1.54) is 11.8 Å². The van der Waals surface area contributed by atoms with Gasteiger partial charge in [0, 0.05) is 12.7 Å². The molecule has 27 heavy (non-hydrogen) atoms. The van der Waals surface area contributed by atoms with Gasteiger partial charge in [-0.2, -0.15) is 0 Å². The van der Waals surface area contributed by atoms with Crippen LogP contribution < -0.4 is 14.4 Å². The standard InChI is InChI=1S/C19H19N3O4S/c1-22(14-8-4-3-5-9-14)18(23)13-27-19-21-20-17(26-19)12-25-16-11-7-6-10-15(16)24-2/h3-11H,12-13H2,1-2H3. The number of methoxy groups -OCH3 is 1. The summed E-state index contributed by atoms with van der Waals surface area (Å²) in [6, 6.07) is 16.7. The maximum absolute atomic E-state index is 12.3. The molecule has 0 saturated heterocycles. The van der Waals surface area contributed by atoms with Crippen LogP contribution in [-0.2, 0) is 11.4 Å². The number of nitrogens with zero attached hydrogens (tertiary/aromatic N) is 3. The molecule has 0 bridgehead atoms. The summed E-state index contributed by atoms with van der Waals surface area (Å²) in [5.41, 5.74) is 0.833. The molecule has 0 N–H and O–H groups in total. The highest BCUT2D eigenvalue weighted by Crippen LogP contribution is 2.27. The van der Waals surface area contributed by atoms with Crippen molar-refractivity contribution in [2.45, 2.75) is 11.8 Å². The molecule has 0 atom stereocenters. The first-order chi connectivity index (χ1) is 13.2. The Morgan fingerprint density at radius 3 is 2.52 bits per heavy atom. The second-order valence-corrected chi connectivity index (χ2v) is 6.40. The Bertz CT molecular complexity index is 885. The van der Waals surface area contributed by atoms with Crippen molar-refractivity contribution in [2.24, 2.45) is 0 Å². The van der Waals surface area contributed by atoms with Crippen molar-refractivity contribution in [1.82, 2.24) is 10.2 Å². The number of benzene rings is 2. The largest absolute Gasteiger partial charge is 0.493 e. The summed E-state index contributed by atoms with van der Waals surface area (Å²) in [5, 5.41) is 8.20. The molecule has 0 spiro atoms. The summed E-state index contributed by atoms with van der Waals surface area (Å²) < 4.78 is 16.4. The molecule has 1 amide bonds. The fourth-order valence-electron chi connectivity index (χ4n) is 2.25. The number of amides is 1. The fourth-order valence-corrected chi connectivity index (χ4v) is 2.94. The summed E-state index contributed by atoms with van der Waals surface area (Å²) >= 11 is 1.19. The normalized spacial score (nSPS) is 10.4. The van der Waals surface area contributed by atoms with E-state index in [2.05, 4.69) is 10.2 Å². The van der Waals surface area contributed by atoms with Gasteiger partial charge in [-0.15, -0.1) is 10.2 Å². The molecule has 1 aromatic heterocycles. The first-order valence-electron chi connectivity index (χ1n) is 8.20. The number of carbonyl (C=O) groups is 1. The molecular weight excluding hydrogens is 366 g/mol. The van der Waals surface area contributed by atoms with Crippen LogP contribution in [0.25, 0.3) is 0 Å². The molecule has 0 fully saturated rings. The Labute approximate surface area is 161 Å². The lowest BCUT2D eigenvalue weighted by Gasteiger charge is -2.16. The van der Waals surface area contributed by atoms with Crippen molar-refractivity contribution in [1.29, 1.82) is 0 Å². The first-order valence-corrected chi connectivity index (χ1v) is 9.18. The van der Waals surface area contributed by atoms with Gasteiger partial charge in [-0.1, -0.05) is 42.1 Å². The Kier molecular flexibility index (Phi) is 6.32. The van der Waals surface area contributed by atoms with Gasteiger partial charge in [-0.3, -0.25) is 4.79 Å². The number of carbonyl (C=O) groups excluding carboxylic acids is 1. The number of aromatic nitrogens is 2. The lowest BCUT2D eigenvalue weighted by Crippen LogP contribution is -2.27. The van der Waals surface area contributed by atoms with E-state index in [1.807, 2.05) is 42.5 Å². The summed E-state index contributed by atoms with van der Waals surface area (Å²) in [4.78, 5) is 13.9. The van der Waals surface area contributed by atoms with Gasteiger partial charge in [0.25, 0.3) is 11.1 Å². The highest BCUT2D eigenvalue weighted by molar-refractivity contribution is 7.99. The number of anilines is 1. The minimum atomic E-state index is -0.0591. The number of thioether (sulfide) groups is 1. The van der Waals surface area contributed by atoms with Crippen molar-refractivity contribution in [2.75, 3.05) is 24.8 Å². The molecule has 3 aromatic rings. The van der Waals surface area contributed by atoms with Gasteiger partial charge in [0.15, 0.2) is 18.1 Å². The Balaban J connectivity index is 1.51. The van der Waals surface area contributed by atoms with E-state index in [-0.39, 0.29) is 18.3 Å². The third-order valence-corrected chi connectivity index (χ3v) is 4.51. The fraction of sp³-hybridized carbons (Fsp3) is 0.211. The summed E-state index contributed by atoms with van der Waals surface area (Å²) in [7, 11) is 3.31. The van der Waals surface area contributed by atoms with Gasteiger partial charge in [-0.25, -0.2) is 0 Å². The van der Waals surface area contributed by atoms with Crippen LogP contribution >= 0.6 is 11.8 Å². The highest BCUT2D eigenvalue weighted by Gasteiger charge is 2.14. The number of hydrogen-bond acceptors (Lipinski definition) is 7. The van der Waals surface area contributed by atoms with Crippen molar-refractivity contribution in [3.8, 4) is 11.5 Å². The second-order valence-electron chi connectivity index (χ2n) is 5.48. The monoisotopic (exact) mass is 385 g/mol. The maximum atomic E-state index is 12.3. The van der Waals surface area contributed by atoms with Crippen molar-refractivity contribution in [3.05, 3.63) is 60.5 Å². The van der Waals surface area contributed by atoms with Gasteiger partial charge in [0.1, 0.15) is 0 Å². The number of rotatable bonds is 8. The molecule has 0 radical (unpaired) electrons. The third-order valence-electron chi connectivity index (χ3n) is 3.71. The summed E-state index contributed by atoms with van der Waals surface area (Å²) in [5.74, 6) is 1.68. The lowest BCUT2D eigenvalue weighted by molar-refractivity contribution is -0.115. The van der Waals surface area contributed by atoms with Crippen molar-refractivity contribution in [3.63, 3.8) is 0 Å². The van der Waals surface area contributed by atoms with Gasteiger partial charge >= 0.3 is 0 Å². The molecule has 7 nitrogen and oxygen atoms in total. The number of hydrogen-bond donors (Lipinski definition) is 0. The number of ether oxygens (including phenoxy) is 2. The minimum Gasteiger partial charge on any atom is -0.493 e. The van der Waals surface area contributed by atoms with Crippen LogP contribution in [0, 0.1) is 0 Å². The predicted molar refractivity (Wildman–Crippen MR) is 102 cm³/mol. The zero-order valence-electron chi connectivity index (χ0n) is 15.0. The van der Waals surface area contributed by atoms with Crippen LogP contribution in [0.1, 0.15) is 5.89 Å². The van der Waals surface area contributed by atoms with Gasteiger partial charge in [0.2, 0.25) is 5.91 Å². The lowest BCUT2D eigenvalue weighted by atomic mass is 10.3. The smallest absolute Gasteiger partial charge is 0.277 e. The van der Waals surface area contributed by atoms with Crippen LogP contribution in [0.2, 0.25) is 0 Å². The Morgan fingerprint density at radius 1 is 1.07 bits per heavy atom. The third kappa shape index (κ3) is 5.01. The molecule has 0 aliphatic carbocycles. The summed E-state index contributed by atoms with van der Waals surface area (Å²) in [6.45, 7) is 0.117. The van der Waals surface area contributed by atoms with Gasteiger partial charge in [0.05, 0.1) is 12.9 Å². The van der Waals surface area contributed by atoms with Crippen LogP contribution in [0.5, 0.6) is 11.5 Å². The molecule has 0 saturated carbocycles. The van der Waals surface area contributed by atoms with E-state index in [9.17, 15) is 4.79 Å². The van der Waals surface area contributed by atoms with E-state index < -0.39 is 0 Å². The van der Waals surface area contributed by atoms with Crippen LogP contribution in [0.4, 0.5) is 5.69 Å². The zero-order valence-corrected chi connectivity index (χ0v) is 15.8. The predicted octanol–water partition coefficient (Wildman–Crippen LogP) is 3.41. The van der Waals surface area contributed by atoms with E-state index >= 15 is 0 Å². The molecule has 140 valence electrons. The minimum absolute atomic E-state index is 0.0591. The number of para-hydroxylation sites is 3. The average molecular weight is 385 g/mol. The SMILES string of the molecule is COc1ccccc1OCc1nnc(SCC(=O)N(C)c2ccccc2)o1. The molecule has 1 heterocycles. The first kappa shape index (κ1) is 18.8. The Morgan fingerprint density at radius 2 is 1.78 bits per heavy atom. The van der Waals surface area contributed by atoms with E-state index in [4.69, 9.17) is 13.9 Å². The average Bonchev–Trinajstić information content (AvgIpc) is 3.18. The van der Waals surface area contributed by atoms with Gasteiger partial charge < -0.3 is 18.8 Å². The molecule has 0 aliphatic heterocycles. The van der Waals surface area contributed by atoms with Crippen molar-refractivity contribution >= 4 is 23.4 Å². The second kappa shape index (κ2) is 9.09. The quantitative estimate of drug-likeness (QED) is 0.550. The van der Waals surface area contributed by atoms with Crippen molar-refractivity contribution < 1.29 is 18.7 Å². The van der Waals surface area contributed by atoms with Crippen LogP contribution in [0.3, 0.4) is 0 Å². The Hall–Kier alpha value is -3.00. The molecule has 3 rings (SSSR count). The molecule has 2 aromatic carbocycles. The zero-order chi connectivity index (χ0) is 19.1. The molecule has 8 heteroatoms. The molecule has 0 aliphatic rings. The summed E-state index contributed by atoms with van der Waals surface area (Å²) in [6.07, 6.45) is 0. The highest BCUT2D eigenvalue weighted by atomic mass is 32.2. The van der Waals surface area contributed by atoms with E-state index in [0.717, 1.165) is 5.69 Å². The molecule has 0 unspecified atom stereocenters. The van der Waals surface area contributed by atoms with Gasteiger partial charge in [-0.05, 0) is 24.3 Å². The van der Waals surface area contributed by atoms with Crippen LogP contribution in [-0.4, -0.2) is 36.0 Å². The van der Waals surface area contributed by atoms with Crippen LogP contribution in [0.15, 0.2) is 64.2 Å². The van der Waals surface area contributed by atoms with E-state index in [1.54, 1.807) is 31.2 Å². The maximum Gasteiger partial charge on any atom is 0.277 e. The molecular formula is C19H19N3O4S. The topological polar surface area (TPSA) is 77.7 Å². The van der Waals surface area contributed by atoms with E-state index in [0.29, 0.717) is 22.6 Å².